The second kappa shape index (κ2) is 6.48. The second-order valence-corrected chi connectivity index (χ2v) is 5.17. The molecule has 0 heterocycles. The molecule has 17 heavy (non-hydrogen) atoms. The zero-order chi connectivity index (χ0) is 11.9. The van der Waals surface area contributed by atoms with Gasteiger partial charge in [0.1, 0.15) is 0 Å². The molecule has 1 nitrogen and oxygen atoms in total. The Morgan fingerprint density at radius 3 is 2.12 bits per heavy atom. The summed E-state index contributed by atoms with van der Waals surface area (Å²) in [6.07, 6.45) is 0.945. The number of rotatable bonds is 5. The Kier molecular flexibility index (Phi) is 4.65. The van der Waals surface area contributed by atoms with Gasteiger partial charge in [0.05, 0.1) is 0 Å². The van der Waals surface area contributed by atoms with Crippen LogP contribution in [0.4, 0.5) is 0 Å². The van der Waals surface area contributed by atoms with Crippen LogP contribution in [0.25, 0.3) is 0 Å². The molecule has 2 heteroatoms. The molecule has 0 radical (unpaired) electrons. The monoisotopic (exact) mass is 243 g/mol. The molecule has 1 unspecified atom stereocenters. The summed E-state index contributed by atoms with van der Waals surface area (Å²) in [5.74, 6) is 0.957. The molecule has 2 aromatic rings. The lowest BCUT2D eigenvalue weighted by molar-refractivity contribution is 0.749. The Morgan fingerprint density at radius 2 is 1.47 bits per heavy atom. The first-order valence-electron chi connectivity index (χ1n) is 5.82. The molecule has 0 aliphatic heterocycles. The van der Waals surface area contributed by atoms with Crippen LogP contribution in [-0.2, 0) is 6.42 Å². The average molecular weight is 243 g/mol. The quantitative estimate of drug-likeness (QED) is 0.815. The fraction of sp³-hybridized carbons (Fsp3) is 0.200. The zero-order valence-corrected chi connectivity index (χ0v) is 10.6. The van der Waals surface area contributed by atoms with Gasteiger partial charge in [-0.1, -0.05) is 48.5 Å². The van der Waals surface area contributed by atoms with E-state index in [4.69, 9.17) is 5.73 Å². The average Bonchev–Trinajstić information content (AvgIpc) is 2.39. The molecule has 0 bridgehead atoms. The molecule has 0 spiro atoms. The molecule has 0 aromatic heterocycles. The lowest BCUT2D eigenvalue weighted by Gasteiger charge is -2.11. The maximum absolute atomic E-state index is 6.13. The van der Waals surface area contributed by atoms with E-state index in [2.05, 4.69) is 48.5 Å². The third kappa shape index (κ3) is 4.25. The highest BCUT2D eigenvalue weighted by Gasteiger charge is 2.04. The first kappa shape index (κ1) is 12.2. The van der Waals surface area contributed by atoms with Gasteiger partial charge in [-0.05, 0) is 24.1 Å². The summed E-state index contributed by atoms with van der Waals surface area (Å²) in [5, 5.41) is 0. The summed E-state index contributed by atoms with van der Waals surface area (Å²) in [6.45, 7) is 0. The molecule has 2 aromatic carbocycles. The maximum Gasteiger partial charge on any atom is 0.0174 e. The van der Waals surface area contributed by atoms with E-state index in [1.807, 2.05) is 23.9 Å². The molecule has 0 saturated heterocycles. The summed E-state index contributed by atoms with van der Waals surface area (Å²) in [5.41, 5.74) is 7.45. The molecule has 0 amide bonds. The van der Waals surface area contributed by atoms with Crippen molar-refractivity contribution < 1.29 is 0 Å². The van der Waals surface area contributed by atoms with Crippen molar-refractivity contribution in [2.24, 2.45) is 5.73 Å². The van der Waals surface area contributed by atoms with E-state index in [1.165, 1.54) is 10.5 Å². The Bertz CT molecular complexity index is 427. The molecule has 0 saturated carbocycles. The summed E-state index contributed by atoms with van der Waals surface area (Å²) >= 11 is 1.82. The molecule has 0 aliphatic rings. The van der Waals surface area contributed by atoms with Crippen LogP contribution in [0.5, 0.6) is 0 Å². The van der Waals surface area contributed by atoms with Crippen LogP contribution in [0.2, 0.25) is 0 Å². The van der Waals surface area contributed by atoms with Crippen molar-refractivity contribution in [2.45, 2.75) is 17.4 Å². The highest BCUT2D eigenvalue weighted by atomic mass is 32.2. The van der Waals surface area contributed by atoms with Crippen molar-refractivity contribution in [3.63, 3.8) is 0 Å². The van der Waals surface area contributed by atoms with Gasteiger partial charge in [0.25, 0.3) is 0 Å². The number of benzene rings is 2. The first-order chi connectivity index (χ1) is 8.34. The van der Waals surface area contributed by atoms with Crippen LogP contribution in [0.1, 0.15) is 5.56 Å². The van der Waals surface area contributed by atoms with Crippen LogP contribution < -0.4 is 5.73 Å². The second-order valence-electron chi connectivity index (χ2n) is 4.07. The molecule has 0 aliphatic carbocycles. The summed E-state index contributed by atoms with van der Waals surface area (Å²) in [6, 6.07) is 21.0. The van der Waals surface area contributed by atoms with E-state index in [0.29, 0.717) is 0 Å². The fourth-order valence-electron chi connectivity index (χ4n) is 1.70. The van der Waals surface area contributed by atoms with Crippen molar-refractivity contribution in [3.8, 4) is 0 Å². The number of nitrogens with two attached hydrogens (primary N) is 1. The highest BCUT2D eigenvalue weighted by molar-refractivity contribution is 7.99. The molecule has 2 N–H and O–H groups in total. The number of hydrogen-bond acceptors (Lipinski definition) is 2. The van der Waals surface area contributed by atoms with Gasteiger partial charge in [0, 0.05) is 16.7 Å². The van der Waals surface area contributed by atoms with Crippen molar-refractivity contribution in [1.82, 2.24) is 0 Å². The number of thioether (sulfide) groups is 1. The minimum atomic E-state index is 0.211. The predicted octanol–water partition coefficient (Wildman–Crippen LogP) is 3.35. The molecule has 88 valence electrons. The van der Waals surface area contributed by atoms with Crippen LogP contribution >= 0.6 is 11.8 Å². The van der Waals surface area contributed by atoms with Crippen LogP contribution in [0, 0.1) is 0 Å². The van der Waals surface area contributed by atoms with Gasteiger partial charge in [-0.2, -0.15) is 0 Å². The van der Waals surface area contributed by atoms with Gasteiger partial charge in [0.15, 0.2) is 0 Å². The van der Waals surface area contributed by atoms with Crippen LogP contribution in [-0.4, -0.2) is 11.8 Å². The van der Waals surface area contributed by atoms with Gasteiger partial charge >= 0.3 is 0 Å². The third-order valence-corrected chi connectivity index (χ3v) is 3.75. The Hall–Kier alpha value is -1.25. The summed E-state index contributed by atoms with van der Waals surface area (Å²) in [4.78, 5) is 1.29. The van der Waals surface area contributed by atoms with Gasteiger partial charge in [-0.3, -0.25) is 0 Å². The third-order valence-electron chi connectivity index (χ3n) is 2.55. The summed E-state index contributed by atoms with van der Waals surface area (Å²) in [7, 11) is 0. The van der Waals surface area contributed by atoms with E-state index in [9.17, 15) is 0 Å². The van der Waals surface area contributed by atoms with Crippen molar-refractivity contribution in [3.05, 3.63) is 66.2 Å². The molecule has 0 fully saturated rings. The lowest BCUT2D eigenvalue weighted by atomic mass is 10.1. The molecule has 2 rings (SSSR count). The Morgan fingerprint density at radius 1 is 0.882 bits per heavy atom. The molecular formula is C15H17NS. The predicted molar refractivity (Wildman–Crippen MR) is 75.3 cm³/mol. The maximum atomic E-state index is 6.13. The van der Waals surface area contributed by atoms with Crippen molar-refractivity contribution in [1.29, 1.82) is 0 Å². The van der Waals surface area contributed by atoms with Gasteiger partial charge in [-0.25, -0.2) is 0 Å². The van der Waals surface area contributed by atoms with Crippen molar-refractivity contribution in [2.75, 3.05) is 5.75 Å². The van der Waals surface area contributed by atoms with E-state index >= 15 is 0 Å². The highest BCUT2D eigenvalue weighted by Crippen LogP contribution is 2.18. The van der Waals surface area contributed by atoms with E-state index in [1.54, 1.807) is 0 Å². The van der Waals surface area contributed by atoms with Gasteiger partial charge < -0.3 is 5.73 Å². The minimum absolute atomic E-state index is 0.211. The van der Waals surface area contributed by atoms with Crippen LogP contribution in [0.15, 0.2) is 65.6 Å². The smallest absolute Gasteiger partial charge is 0.0174 e. The number of hydrogen-bond donors (Lipinski definition) is 1. The van der Waals surface area contributed by atoms with Gasteiger partial charge in [-0.15, -0.1) is 11.8 Å². The van der Waals surface area contributed by atoms with Crippen molar-refractivity contribution >= 4 is 11.8 Å². The van der Waals surface area contributed by atoms with E-state index < -0.39 is 0 Å². The zero-order valence-electron chi connectivity index (χ0n) is 9.75. The van der Waals surface area contributed by atoms with E-state index in [0.717, 1.165) is 12.2 Å². The largest absolute Gasteiger partial charge is 0.327 e. The standard InChI is InChI=1S/C15H17NS/c16-14(11-13-7-3-1-4-8-13)12-17-15-9-5-2-6-10-15/h1-10,14H,11-12,16H2. The Labute approximate surface area is 107 Å². The molecule has 1 atom stereocenters. The normalized spacial score (nSPS) is 12.3. The van der Waals surface area contributed by atoms with Crippen LogP contribution in [0.3, 0.4) is 0 Å². The lowest BCUT2D eigenvalue weighted by Crippen LogP contribution is -2.25. The minimum Gasteiger partial charge on any atom is -0.327 e. The Balaban J connectivity index is 1.80. The first-order valence-corrected chi connectivity index (χ1v) is 6.80. The van der Waals surface area contributed by atoms with Gasteiger partial charge in [0.2, 0.25) is 0 Å². The molecular weight excluding hydrogens is 226 g/mol. The SMILES string of the molecule is NC(CSc1ccccc1)Cc1ccccc1. The topological polar surface area (TPSA) is 26.0 Å². The van der Waals surface area contributed by atoms with E-state index in [-0.39, 0.29) is 6.04 Å². The summed E-state index contributed by atoms with van der Waals surface area (Å²) < 4.78 is 0. The fourth-order valence-corrected chi connectivity index (χ4v) is 2.57.